The molecule has 0 bridgehead atoms. The smallest absolute Gasteiger partial charge is 0.261 e. The number of benzene rings is 1. The summed E-state index contributed by atoms with van der Waals surface area (Å²) in [5.41, 5.74) is 4.84. The van der Waals surface area contributed by atoms with Crippen LogP contribution in [-0.2, 0) is 4.79 Å². The first-order valence-electron chi connectivity index (χ1n) is 11.7. The number of rotatable bonds is 18. The first kappa shape index (κ1) is 24.5. The van der Waals surface area contributed by atoms with Crippen molar-refractivity contribution in [2.75, 3.05) is 0 Å². The van der Waals surface area contributed by atoms with Gasteiger partial charge in [-0.3, -0.25) is 4.79 Å². The highest BCUT2D eigenvalue weighted by molar-refractivity contribution is 5.83. The van der Waals surface area contributed by atoms with Gasteiger partial charge in [0.15, 0.2) is 5.60 Å². The van der Waals surface area contributed by atoms with E-state index in [1.165, 1.54) is 70.6 Å². The molecule has 0 spiro atoms. The first-order chi connectivity index (χ1) is 13.6. The van der Waals surface area contributed by atoms with Gasteiger partial charge in [-0.05, 0) is 31.4 Å². The summed E-state index contributed by atoms with van der Waals surface area (Å²) in [5, 5.41) is 0. The third kappa shape index (κ3) is 10.1. The molecule has 2 N–H and O–H groups in total. The van der Waals surface area contributed by atoms with Crippen LogP contribution in [-0.4, -0.2) is 11.5 Å². The maximum atomic E-state index is 12.1. The van der Waals surface area contributed by atoms with E-state index in [9.17, 15) is 4.79 Å². The number of ether oxygens (including phenoxy) is 1. The zero-order valence-corrected chi connectivity index (χ0v) is 18.4. The van der Waals surface area contributed by atoms with Crippen LogP contribution in [0.5, 0.6) is 5.75 Å². The quantitative estimate of drug-likeness (QED) is 0.270. The van der Waals surface area contributed by atoms with E-state index in [0.717, 1.165) is 18.6 Å². The number of nitrogens with two attached hydrogens (primary N) is 1. The summed E-state index contributed by atoms with van der Waals surface area (Å²) in [6, 6.07) is 9.55. The van der Waals surface area contributed by atoms with Crippen molar-refractivity contribution < 1.29 is 9.53 Å². The van der Waals surface area contributed by atoms with Gasteiger partial charge < -0.3 is 10.5 Å². The Hall–Kier alpha value is -1.51. The van der Waals surface area contributed by atoms with Crippen molar-refractivity contribution in [2.24, 2.45) is 5.73 Å². The molecule has 1 rings (SSSR count). The van der Waals surface area contributed by atoms with Gasteiger partial charge in [0.1, 0.15) is 5.75 Å². The zero-order valence-electron chi connectivity index (χ0n) is 18.4. The highest BCUT2D eigenvalue weighted by atomic mass is 16.5. The van der Waals surface area contributed by atoms with E-state index in [4.69, 9.17) is 10.5 Å². The van der Waals surface area contributed by atoms with Crippen LogP contribution in [0.4, 0.5) is 0 Å². The van der Waals surface area contributed by atoms with Gasteiger partial charge in [-0.2, -0.15) is 0 Å². The maximum Gasteiger partial charge on any atom is 0.261 e. The van der Waals surface area contributed by atoms with E-state index < -0.39 is 5.60 Å². The molecule has 0 aliphatic rings. The van der Waals surface area contributed by atoms with E-state index in [2.05, 4.69) is 6.92 Å². The molecule has 0 fully saturated rings. The highest BCUT2D eigenvalue weighted by Crippen LogP contribution is 2.27. The summed E-state index contributed by atoms with van der Waals surface area (Å²) >= 11 is 0. The molecule has 0 aliphatic carbocycles. The molecule has 3 nitrogen and oxygen atoms in total. The maximum absolute atomic E-state index is 12.1. The summed E-state index contributed by atoms with van der Waals surface area (Å²) in [7, 11) is 0. The van der Waals surface area contributed by atoms with Crippen LogP contribution in [0.15, 0.2) is 30.3 Å². The zero-order chi connectivity index (χ0) is 20.5. The number of hydrogen-bond donors (Lipinski definition) is 1. The molecule has 1 aromatic rings. The van der Waals surface area contributed by atoms with Gasteiger partial charge >= 0.3 is 0 Å². The molecule has 1 aromatic carbocycles. The Morgan fingerprint density at radius 1 is 0.786 bits per heavy atom. The molecule has 1 unspecified atom stereocenters. The van der Waals surface area contributed by atoms with Gasteiger partial charge in [0.05, 0.1) is 0 Å². The van der Waals surface area contributed by atoms with E-state index in [0.29, 0.717) is 12.8 Å². The summed E-state index contributed by atoms with van der Waals surface area (Å²) in [6.45, 7) is 4.25. The van der Waals surface area contributed by atoms with Crippen LogP contribution < -0.4 is 10.5 Å². The van der Waals surface area contributed by atoms with Gasteiger partial charge in [0, 0.05) is 0 Å². The molecule has 160 valence electrons. The van der Waals surface area contributed by atoms with Gasteiger partial charge in [0.25, 0.3) is 5.91 Å². The van der Waals surface area contributed by atoms with Crippen molar-refractivity contribution in [3.05, 3.63) is 30.3 Å². The van der Waals surface area contributed by atoms with Crippen molar-refractivity contribution in [3.63, 3.8) is 0 Å². The fourth-order valence-electron chi connectivity index (χ4n) is 3.79. The lowest BCUT2D eigenvalue weighted by atomic mass is 9.91. The summed E-state index contributed by atoms with van der Waals surface area (Å²) in [5.74, 6) is 0.371. The largest absolute Gasteiger partial charge is 0.477 e. The van der Waals surface area contributed by atoms with Crippen molar-refractivity contribution in [2.45, 2.75) is 116 Å². The Morgan fingerprint density at radius 2 is 1.25 bits per heavy atom. The second kappa shape index (κ2) is 15.4. The summed E-state index contributed by atoms with van der Waals surface area (Å²) in [6.07, 6.45) is 18.4. The van der Waals surface area contributed by atoms with Crippen molar-refractivity contribution in [3.8, 4) is 5.75 Å². The number of primary amides is 1. The van der Waals surface area contributed by atoms with Gasteiger partial charge in [-0.25, -0.2) is 0 Å². The molecule has 0 heterocycles. The van der Waals surface area contributed by atoms with E-state index in [1.807, 2.05) is 37.3 Å². The second-order valence-corrected chi connectivity index (χ2v) is 8.12. The standard InChI is InChI=1S/C25H43NO2/c1-3-5-6-7-8-9-10-11-12-13-14-15-19-22-25(4-2,24(26)27)28-23-20-17-16-18-21-23/h16-18,20-21H,3-15,19,22H2,1-2H3,(H2,26,27). The Bertz CT molecular complexity index is 503. The van der Waals surface area contributed by atoms with Crippen LogP contribution in [0.2, 0.25) is 0 Å². The van der Waals surface area contributed by atoms with E-state index in [-0.39, 0.29) is 5.91 Å². The Labute approximate surface area is 173 Å². The van der Waals surface area contributed by atoms with E-state index >= 15 is 0 Å². The minimum absolute atomic E-state index is 0.349. The molecular formula is C25H43NO2. The van der Waals surface area contributed by atoms with Gasteiger partial charge in [-0.1, -0.05) is 109 Å². The van der Waals surface area contributed by atoms with E-state index in [1.54, 1.807) is 0 Å². The Kier molecular flexibility index (Phi) is 13.5. The molecule has 0 aromatic heterocycles. The summed E-state index contributed by atoms with van der Waals surface area (Å²) < 4.78 is 6.05. The topological polar surface area (TPSA) is 52.3 Å². The first-order valence-corrected chi connectivity index (χ1v) is 11.7. The minimum atomic E-state index is -0.876. The number of amides is 1. The minimum Gasteiger partial charge on any atom is -0.477 e. The number of carbonyl (C=O) groups is 1. The SMILES string of the molecule is CCCCCCCCCCCCCCCC(CC)(Oc1ccccc1)C(N)=O. The lowest BCUT2D eigenvalue weighted by Crippen LogP contribution is -2.48. The van der Waals surface area contributed by atoms with Gasteiger partial charge in [-0.15, -0.1) is 0 Å². The monoisotopic (exact) mass is 389 g/mol. The molecule has 1 amide bonds. The fraction of sp³-hybridized carbons (Fsp3) is 0.720. The lowest BCUT2D eigenvalue weighted by Gasteiger charge is -2.30. The number of para-hydroxylation sites is 1. The average molecular weight is 390 g/mol. The lowest BCUT2D eigenvalue weighted by molar-refractivity contribution is -0.134. The number of unbranched alkanes of at least 4 members (excludes halogenated alkanes) is 12. The van der Waals surface area contributed by atoms with Crippen molar-refractivity contribution in [1.82, 2.24) is 0 Å². The predicted molar refractivity (Wildman–Crippen MR) is 120 cm³/mol. The number of hydrogen-bond acceptors (Lipinski definition) is 2. The predicted octanol–water partition coefficient (Wildman–Crippen LogP) is 7.18. The molecule has 0 saturated heterocycles. The number of carbonyl (C=O) groups excluding carboxylic acids is 1. The third-order valence-corrected chi connectivity index (χ3v) is 5.76. The van der Waals surface area contributed by atoms with Crippen molar-refractivity contribution >= 4 is 5.91 Å². The van der Waals surface area contributed by atoms with Crippen molar-refractivity contribution in [1.29, 1.82) is 0 Å². The molecule has 0 aliphatic heterocycles. The Morgan fingerprint density at radius 3 is 1.68 bits per heavy atom. The van der Waals surface area contributed by atoms with Crippen LogP contribution >= 0.6 is 0 Å². The third-order valence-electron chi connectivity index (χ3n) is 5.76. The molecular weight excluding hydrogens is 346 g/mol. The normalized spacial score (nSPS) is 13.2. The van der Waals surface area contributed by atoms with Crippen LogP contribution in [0.1, 0.15) is 110 Å². The van der Waals surface area contributed by atoms with Gasteiger partial charge in [0.2, 0.25) is 0 Å². The average Bonchev–Trinajstić information content (AvgIpc) is 2.71. The molecule has 1 atom stereocenters. The molecule has 0 radical (unpaired) electrons. The molecule has 3 heteroatoms. The van der Waals surface area contributed by atoms with Crippen LogP contribution in [0.25, 0.3) is 0 Å². The summed E-state index contributed by atoms with van der Waals surface area (Å²) in [4.78, 5) is 12.1. The van der Waals surface area contributed by atoms with Crippen LogP contribution in [0, 0.1) is 0 Å². The van der Waals surface area contributed by atoms with Crippen LogP contribution in [0.3, 0.4) is 0 Å². The molecule has 0 saturated carbocycles. The molecule has 28 heavy (non-hydrogen) atoms. The Balaban J connectivity index is 2.14. The highest BCUT2D eigenvalue weighted by Gasteiger charge is 2.36. The second-order valence-electron chi connectivity index (χ2n) is 8.12. The fourth-order valence-corrected chi connectivity index (χ4v) is 3.79.